The fraction of sp³-hybridized carbons (Fsp3) is 0.125. The summed E-state index contributed by atoms with van der Waals surface area (Å²) in [6, 6.07) is 19.1. The van der Waals surface area contributed by atoms with Crippen molar-refractivity contribution < 1.29 is 13.9 Å². The molecule has 3 N–H and O–H groups in total. The maximum Gasteiger partial charge on any atom is 0.277 e. The van der Waals surface area contributed by atoms with Crippen LogP contribution in [0.4, 0.5) is 15.8 Å². The first kappa shape index (κ1) is 21.0. The molecule has 7 nitrogen and oxygen atoms in total. The Labute approximate surface area is 184 Å². The Morgan fingerprint density at radius 2 is 1.78 bits per heavy atom. The van der Waals surface area contributed by atoms with E-state index in [4.69, 9.17) is 10.5 Å². The summed E-state index contributed by atoms with van der Waals surface area (Å²) in [5.74, 6) is 0.0766. The molecule has 4 aromatic rings. The van der Waals surface area contributed by atoms with Gasteiger partial charge in [0, 0.05) is 6.54 Å². The summed E-state index contributed by atoms with van der Waals surface area (Å²) in [4.78, 5) is 12.7. The van der Waals surface area contributed by atoms with Crippen LogP contribution in [0.1, 0.15) is 16.1 Å². The molecule has 1 heterocycles. The fourth-order valence-electron chi connectivity index (χ4n) is 3.22. The van der Waals surface area contributed by atoms with E-state index in [2.05, 4.69) is 15.6 Å². The summed E-state index contributed by atoms with van der Waals surface area (Å²) in [5, 5.41) is 10.8. The predicted molar refractivity (Wildman–Crippen MR) is 121 cm³/mol. The van der Waals surface area contributed by atoms with Gasteiger partial charge in [0.1, 0.15) is 11.6 Å². The smallest absolute Gasteiger partial charge is 0.277 e. The molecule has 0 aliphatic rings. The number of carbonyl (C=O) groups excluding carboxylic acids is 1. The van der Waals surface area contributed by atoms with Gasteiger partial charge < -0.3 is 15.8 Å². The first-order valence-electron chi connectivity index (χ1n) is 10.0. The highest BCUT2D eigenvalue weighted by atomic mass is 19.1. The van der Waals surface area contributed by atoms with Crippen LogP contribution in [-0.4, -0.2) is 28.0 Å². The summed E-state index contributed by atoms with van der Waals surface area (Å²) in [6.07, 6.45) is 2.33. The minimum absolute atomic E-state index is 0.186. The number of aryl methyl sites for hydroxylation is 2. The van der Waals surface area contributed by atoms with Crippen molar-refractivity contribution in [2.75, 3.05) is 18.2 Å². The van der Waals surface area contributed by atoms with Crippen molar-refractivity contribution in [3.05, 3.63) is 90.0 Å². The quantitative estimate of drug-likeness (QED) is 0.428. The van der Waals surface area contributed by atoms with E-state index in [-0.39, 0.29) is 11.5 Å². The number of hydrogen-bond acceptors (Lipinski definition) is 5. The van der Waals surface area contributed by atoms with E-state index in [1.807, 2.05) is 30.3 Å². The fourth-order valence-corrected chi connectivity index (χ4v) is 3.22. The van der Waals surface area contributed by atoms with Gasteiger partial charge >= 0.3 is 0 Å². The molecule has 0 radical (unpaired) electrons. The minimum Gasteiger partial charge on any atom is -0.497 e. The van der Waals surface area contributed by atoms with Crippen LogP contribution < -0.4 is 15.8 Å². The second-order valence-electron chi connectivity index (χ2n) is 7.23. The zero-order valence-corrected chi connectivity index (χ0v) is 17.5. The summed E-state index contributed by atoms with van der Waals surface area (Å²) in [5.41, 5.74) is 9.82. The average molecular weight is 431 g/mol. The molecule has 8 heteroatoms. The number of hydrogen-bond donors (Lipinski definition) is 2. The number of nitrogens with zero attached hydrogens (tertiary/aromatic N) is 3. The second-order valence-corrected chi connectivity index (χ2v) is 7.23. The number of ether oxygens (including phenoxy) is 1. The molecule has 162 valence electrons. The van der Waals surface area contributed by atoms with Gasteiger partial charge in [-0.15, -0.1) is 5.10 Å². The maximum atomic E-state index is 13.2. The Morgan fingerprint density at radius 3 is 2.50 bits per heavy atom. The van der Waals surface area contributed by atoms with E-state index in [1.54, 1.807) is 42.3 Å². The normalized spacial score (nSPS) is 10.7. The molecule has 1 aromatic heterocycles. The molecular formula is C24H22FN5O2. The lowest BCUT2D eigenvalue weighted by Crippen LogP contribution is -2.14. The number of anilines is 2. The van der Waals surface area contributed by atoms with Crippen molar-refractivity contribution in [1.82, 2.24) is 15.0 Å². The monoisotopic (exact) mass is 431 g/mol. The van der Waals surface area contributed by atoms with E-state index in [0.29, 0.717) is 17.9 Å². The van der Waals surface area contributed by atoms with Crippen molar-refractivity contribution in [1.29, 1.82) is 0 Å². The molecule has 0 unspecified atom stereocenters. The largest absolute Gasteiger partial charge is 0.497 e. The van der Waals surface area contributed by atoms with Gasteiger partial charge in [0.2, 0.25) is 0 Å². The molecule has 0 saturated carbocycles. The lowest BCUT2D eigenvalue weighted by Gasteiger charge is -2.10. The molecule has 0 fully saturated rings. The lowest BCUT2D eigenvalue weighted by molar-refractivity contribution is 0.102. The van der Waals surface area contributed by atoms with Crippen LogP contribution in [0.3, 0.4) is 0 Å². The number of nitrogens with two attached hydrogens (primary N) is 1. The molecule has 0 saturated heterocycles. The number of methoxy groups -OCH3 is 1. The van der Waals surface area contributed by atoms with Gasteiger partial charge in [0.05, 0.1) is 24.7 Å². The van der Waals surface area contributed by atoms with Crippen molar-refractivity contribution in [2.45, 2.75) is 13.0 Å². The topological polar surface area (TPSA) is 95.1 Å². The van der Waals surface area contributed by atoms with E-state index in [1.165, 1.54) is 12.1 Å². The van der Waals surface area contributed by atoms with Crippen molar-refractivity contribution in [3.8, 4) is 16.9 Å². The molecule has 32 heavy (non-hydrogen) atoms. The van der Waals surface area contributed by atoms with Gasteiger partial charge in [-0.1, -0.05) is 35.5 Å². The summed E-state index contributed by atoms with van der Waals surface area (Å²) < 4.78 is 20.0. The van der Waals surface area contributed by atoms with Crippen LogP contribution in [0, 0.1) is 5.82 Å². The van der Waals surface area contributed by atoms with Crippen LogP contribution in [0.15, 0.2) is 72.9 Å². The van der Waals surface area contributed by atoms with Gasteiger partial charge in [0.25, 0.3) is 5.91 Å². The number of amides is 1. The van der Waals surface area contributed by atoms with Crippen LogP contribution in [0.5, 0.6) is 5.75 Å². The highest BCUT2D eigenvalue weighted by Gasteiger charge is 2.13. The Hall–Kier alpha value is -4.20. The molecule has 4 rings (SSSR count). The maximum absolute atomic E-state index is 13.2. The van der Waals surface area contributed by atoms with E-state index in [0.717, 1.165) is 28.9 Å². The third-order valence-corrected chi connectivity index (χ3v) is 5.04. The van der Waals surface area contributed by atoms with Crippen LogP contribution in [-0.2, 0) is 13.0 Å². The molecule has 0 aliphatic carbocycles. The van der Waals surface area contributed by atoms with Gasteiger partial charge in [-0.25, -0.2) is 4.39 Å². The summed E-state index contributed by atoms with van der Waals surface area (Å²) in [6.45, 7) is 0.578. The summed E-state index contributed by atoms with van der Waals surface area (Å²) >= 11 is 0. The molecule has 0 atom stereocenters. The van der Waals surface area contributed by atoms with Gasteiger partial charge in [-0.05, 0) is 59.5 Å². The van der Waals surface area contributed by atoms with Crippen molar-refractivity contribution >= 4 is 17.3 Å². The van der Waals surface area contributed by atoms with Crippen LogP contribution in [0.2, 0.25) is 0 Å². The predicted octanol–water partition coefficient (Wildman–Crippen LogP) is 4.17. The highest BCUT2D eigenvalue weighted by molar-refractivity contribution is 6.04. The molecular weight excluding hydrogens is 409 g/mol. The first-order chi connectivity index (χ1) is 15.5. The van der Waals surface area contributed by atoms with Gasteiger partial charge in [-0.3, -0.25) is 9.48 Å². The number of nitrogen functional groups attached to an aromatic ring is 1. The third kappa shape index (κ3) is 4.92. The SMILES string of the molecule is COc1ccc(CCn2cc(C(=O)Nc3cc(-c4ccc(F)cc4)ccc3N)nn2)cc1. The third-order valence-electron chi connectivity index (χ3n) is 5.04. The van der Waals surface area contributed by atoms with Crippen molar-refractivity contribution in [3.63, 3.8) is 0 Å². The standard InChI is InChI=1S/C24H22FN5O2/c1-32-20-9-2-16(3-10-20)12-13-30-15-23(28-29-30)24(31)27-22-14-18(6-11-21(22)26)17-4-7-19(25)8-5-17/h2-11,14-15H,12-13,26H2,1H3,(H,27,31). The Morgan fingerprint density at radius 1 is 1.06 bits per heavy atom. The first-order valence-corrected chi connectivity index (χ1v) is 10.0. The Bertz CT molecular complexity index is 1220. The van der Waals surface area contributed by atoms with E-state index in [9.17, 15) is 9.18 Å². The number of rotatable bonds is 7. The Balaban J connectivity index is 1.42. The van der Waals surface area contributed by atoms with Crippen LogP contribution in [0.25, 0.3) is 11.1 Å². The number of benzene rings is 3. The second kappa shape index (κ2) is 9.30. The van der Waals surface area contributed by atoms with E-state index >= 15 is 0 Å². The molecule has 3 aromatic carbocycles. The highest BCUT2D eigenvalue weighted by Crippen LogP contribution is 2.27. The Kier molecular flexibility index (Phi) is 6.12. The lowest BCUT2D eigenvalue weighted by atomic mass is 10.0. The zero-order valence-electron chi connectivity index (χ0n) is 17.5. The molecule has 0 bridgehead atoms. The van der Waals surface area contributed by atoms with Crippen molar-refractivity contribution in [2.24, 2.45) is 0 Å². The van der Waals surface area contributed by atoms with E-state index < -0.39 is 5.91 Å². The zero-order chi connectivity index (χ0) is 22.5. The molecule has 0 aliphatic heterocycles. The number of nitrogens with one attached hydrogen (secondary N) is 1. The number of carbonyl (C=O) groups is 1. The molecule has 0 spiro atoms. The molecule has 1 amide bonds. The average Bonchev–Trinajstić information content (AvgIpc) is 3.29. The minimum atomic E-state index is -0.413. The number of halogens is 1. The summed E-state index contributed by atoms with van der Waals surface area (Å²) in [7, 11) is 1.63. The van der Waals surface area contributed by atoms with Gasteiger partial charge in [-0.2, -0.15) is 0 Å². The van der Waals surface area contributed by atoms with Crippen LogP contribution >= 0.6 is 0 Å². The van der Waals surface area contributed by atoms with Gasteiger partial charge in [0.15, 0.2) is 5.69 Å². The number of aromatic nitrogens is 3.